The van der Waals surface area contributed by atoms with Gasteiger partial charge in [-0.05, 0) is 25.0 Å². The van der Waals surface area contributed by atoms with Gasteiger partial charge in [-0.15, -0.1) is 0 Å². The lowest BCUT2D eigenvalue weighted by atomic mass is 9.76. The summed E-state index contributed by atoms with van der Waals surface area (Å²) >= 11 is 11.8. The second-order valence-electron chi connectivity index (χ2n) is 5.20. The van der Waals surface area contributed by atoms with E-state index in [-0.39, 0.29) is 17.4 Å². The zero-order valence-electron chi connectivity index (χ0n) is 11.5. The van der Waals surface area contributed by atoms with Crippen LogP contribution in [0.15, 0.2) is 18.2 Å². The Morgan fingerprint density at radius 1 is 1.35 bits per heavy atom. The molecule has 6 heteroatoms. The number of hydrogen-bond acceptors (Lipinski definition) is 2. The van der Waals surface area contributed by atoms with E-state index in [1.165, 1.54) is 0 Å². The van der Waals surface area contributed by atoms with Crippen molar-refractivity contribution in [1.82, 2.24) is 0 Å². The maximum absolute atomic E-state index is 12.0. The first-order valence-electron chi connectivity index (χ1n) is 6.15. The number of halogens is 2. The Bertz CT molecular complexity index is 531. The Kier molecular flexibility index (Phi) is 5.42. The lowest BCUT2D eigenvalue weighted by Crippen LogP contribution is -2.37. The molecule has 0 fully saturated rings. The first kappa shape index (κ1) is 16.8. The minimum absolute atomic E-state index is 0.136. The van der Waals surface area contributed by atoms with Crippen molar-refractivity contribution in [2.24, 2.45) is 11.3 Å². The molecule has 1 atom stereocenters. The molecule has 0 spiro atoms. The van der Waals surface area contributed by atoms with Crippen molar-refractivity contribution < 1.29 is 14.7 Å². The van der Waals surface area contributed by atoms with Crippen LogP contribution < -0.4 is 5.32 Å². The number of benzene rings is 1. The van der Waals surface area contributed by atoms with E-state index in [9.17, 15) is 14.7 Å². The van der Waals surface area contributed by atoms with E-state index in [4.69, 9.17) is 23.2 Å². The maximum atomic E-state index is 12.0. The molecule has 2 N–H and O–H groups in total. The van der Waals surface area contributed by atoms with E-state index in [1.54, 1.807) is 39.0 Å². The van der Waals surface area contributed by atoms with Crippen LogP contribution in [-0.2, 0) is 9.59 Å². The van der Waals surface area contributed by atoms with Crippen LogP contribution >= 0.6 is 23.2 Å². The summed E-state index contributed by atoms with van der Waals surface area (Å²) in [5.74, 6) is -1.59. The number of carboxylic acid groups (broad SMARTS) is 1. The summed E-state index contributed by atoms with van der Waals surface area (Å²) in [6, 6.07) is 4.87. The van der Waals surface area contributed by atoms with Gasteiger partial charge in [0.05, 0.1) is 21.1 Å². The Labute approximate surface area is 128 Å². The van der Waals surface area contributed by atoms with Crippen molar-refractivity contribution in [1.29, 1.82) is 0 Å². The summed E-state index contributed by atoms with van der Waals surface area (Å²) in [4.78, 5) is 23.4. The number of carbonyl (C=O) groups is 2. The highest BCUT2D eigenvalue weighted by atomic mass is 35.5. The van der Waals surface area contributed by atoms with E-state index >= 15 is 0 Å². The maximum Gasteiger partial charge on any atom is 0.310 e. The molecule has 0 saturated heterocycles. The Morgan fingerprint density at radius 3 is 2.45 bits per heavy atom. The van der Waals surface area contributed by atoms with Crippen molar-refractivity contribution in [3.8, 4) is 0 Å². The molecular weight excluding hydrogens is 301 g/mol. The normalized spacial score (nSPS) is 13.9. The number of nitrogens with one attached hydrogen (secondary N) is 1. The van der Waals surface area contributed by atoms with Crippen LogP contribution in [0.3, 0.4) is 0 Å². The first-order chi connectivity index (χ1) is 9.18. The predicted octanol–water partition coefficient (Wildman–Crippen LogP) is 4.07. The number of carboxylic acids is 1. The largest absolute Gasteiger partial charge is 0.481 e. The number of carbonyl (C=O) groups excluding carboxylic acids is 1. The molecular formula is C14H17Cl2NO3. The highest BCUT2D eigenvalue weighted by molar-refractivity contribution is 6.43. The third-order valence-electron chi connectivity index (χ3n) is 3.52. The quantitative estimate of drug-likeness (QED) is 0.860. The van der Waals surface area contributed by atoms with Gasteiger partial charge in [0.15, 0.2) is 0 Å². The van der Waals surface area contributed by atoms with Crippen molar-refractivity contribution in [3.05, 3.63) is 28.2 Å². The number of anilines is 1. The molecule has 4 nitrogen and oxygen atoms in total. The molecule has 0 aliphatic heterocycles. The van der Waals surface area contributed by atoms with Gasteiger partial charge in [-0.3, -0.25) is 9.59 Å². The van der Waals surface area contributed by atoms with Crippen molar-refractivity contribution in [3.63, 3.8) is 0 Å². The van der Waals surface area contributed by atoms with Crippen molar-refractivity contribution >= 4 is 40.8 Å². The lowest BCUT2D eigenvalue weighted by Gasteiger charge is -2.28. The number of hydrogen-bond donors (Lipinski definition) is 2. The van der Waals surface area contributed by atoms with Gasteiger partial charge >= 0.3 is 5.97 Å². The third kappa shape index (κ3) is 3.64. The summed E-state index contributed by atoms with van der Waals surface area (Å²) in [5.41, 5.74) is -0.754. The van der Waals surface area contributed by atoms with Crippen LogP contribution in [0, 0.1) is 11.3 Å². The van der Waals surface area contributed by atoms with Crippen LogP contribution in [0.1, 0.15) is 27.2 Å². The predicted molar refractivity (Wildman–Crippen MR) is 80.3 cm³/mol. The molecule has 20 heavy (non-hydrogen) atoms. The van der Waals surface area contributed by atoms with Crippen LogP contribution in [0.2, 0.25) is 10.0 Å². The Balaban J connectivity index is 2.87. The van der Waals surface area contributed by atoms with Gasteiger partial charge in [0.25, 0.3) is 0 Å². The fraction of sp³-hybridized carbons (Fsp3) is 0.429. The summed E-state index contributed by atoms with van der Waals surface area (Å²) in [6.45, 7) is 5.10. The molecule has 0 aromatic heterocycles. The van der Waals surface area contributed by atoms with Gasteiger partial charge in [-0.1, -0.05) is 43.1 Å². The highest BCUT2D eigenvalue weighted by Gasteiger charge is 2.38. The topological polar surface area (TPSA) is 66.4 Å². The van der Waals surface area contributed by atoms with E-state index in [0.29, 0.717) is 10.7 Å². The average molecular weight is 318 g/mol. The highest BCUT2D eigenvalue weighted by Crippen LogP contribution is 2.33. The van der Waals surface area contributed by atoms with Crippen LogP contribution in [0.4, 0.5) is 5.69 Å². The van der Waals surface area contributed by atoms with E-state index in [0.717, 1.165) is 0 Å². The van der Waals surface area contributed by atoms with Gasteiger partial charge in [0.2, 0.25) is 5.91 Å². The summed E-state index contributed by atoms with van der Waals surface area (Å²) in [5, 5.41) is 12.5. The zero-order valence-corrected chi connectivity index (χ0v) is 13.0. The SMILES string of the molecule is CC(C)C(C)(CC(=O)Nc1cccc(Cl)c1Cl)C(=O)O. The molecule has 1 unspecified atom stereocenters. The van der Waals surface area contributed by atoms with Crippen molar-refractivity contribution in [2.75, 3.05) is 5.32 Å². The van der Waals surface area contributed by atoms with Gasteiger partial charge in [-0.2, -0.15) is 0 Å². The molecule has 0 aliphatic carbocycles. The summed E-state index contributed by atoms with van der Waals surface area (Å²) in [7, 11) is 0. The molecule has 0 heterocycles. The Hall–Kier alpha value is -1.26. The second-order valence-corrected chi connectivity index (χ2v) is 5.99. The monoisotopic (exact) mass is 317 g/mol. The third-order valence-corrected chi connectivity index (χ3v) is 4.34. The molecule has 0 aliphatic rings. The standard InChI is InChI=1S/C14H17Cl2NO3/c1-8(2)14(3,13(19)20)7-11(18)17-10-6-4-5-9(15)12(10)16/h4-6,8H,7H2,1-3H3,(H,17,18)(H,19,20). The second kappa shape index (κ2) is 6.46. The summed E-state index contributed by atoms with van der Waals surface area (Å²) < 4.78 is 0. The van der Waals surface area contributed by atoms with Gasteiger partial charge < -0.3 is 10.4 Å². The minimum Gasteiger partial charge on any atom is -0.481 e. The fourth-order valence-electron chi connectivity index (χ4n) is 1.65. The minimum atomic E-state index is -1.13. The number of rotatable bonds is 5. The molecule has 0 radical (unpaired) electrons. The molecule has 1 amide bonds. The van der Waals surface area contributed by atoms with Crippen LogP contribution in [0.5, 0.6) is 0 Å². The van der Waals surface area contributed by atoms with Crippen molar-refractivity contribution in [2.45, 2.75) is 27.2 Å². The fourth-order valence-corrected chi connectivity index (χ4v) is 2.00. The summed E-state index contributed by atoms with van der Waals surface area (Å²) in [6.07, 6.45) is -0.136. The zero-order chi connectivity index (χ0) is 15.5. The van der Waals surface area contributed by atoms with E-state index < -0.39 is 17.3 Å². The van der Waals surface area contributed by atoms with E-state index in [1.807, 2.05) is 0 Å². The molecule has 1 aromatic rings. The molecule has 110 valence electrons. The number of amides is 1. The number of aliphatic carboxylic acids is 1. The molecule has 0 saturated carbocycles. The lowest BCUT2D eigenvalue weighted by molar-refractivity contribution is -0.153. The molecule has 1 aromatic carbocycles. The smallest absolute Gasteiger partial charge is 0.310 e. The van der Waals surface area contributed by atoms with Gasteiger partial charge in [0.1, 0.15) is 0 Å². The van der Waals surface area contributed by atoms with Gasteiger partial charge in [-0.25, -0.2) is 0 Å². The van der Waals surface area contributed by atoms with Crippen LogP contribution in [-0.4, -0.2) is 17.0 Å². The molecule has 1 rings (SSSR count). The molecule has 0 bridgehead atoms. The van der Waals surface area contributed by atoms with E-state index in [2.05, 4.69) is 5.32 Å². The van der Waals surface area contributed by atoms with Crippen LogP contribution in [0.25, 0.3) is 0 Å². The van der Waals surface area contributed by atoms with Gasteiger partial charge in [0, 0.05) is 6.42 Å². The first-order valence-corrected chi connectivity index (χ1v) is 6.91. The average Bonchev–Trinajstić information content (AvgIpc) is 2.34. The Morgan fingerprint density at radius 2 is 1.95 bits per heavy atom.